The van der Waals surface area contributed by atoms with E-state index in [9.17, 15) is 4.79 Å². The Hall–Kier alpha value is -3.61. The van der Waals surface area contributed by atoms with Gasteiger partial charge in [0.15, 0.2) is 11.5 Å². The van der Waals surface area contributed by atoms with Gasteiger partial charge in [-0.05, 0) is 49.2 Å². The first-order valence-electron chi connectivity index (χ1n) is 9.35. The summed E-state index contributed by atoms with van der Waals surface area (Å²) in [6.07, 6.45) is 0.838. The van der Waals surface area contributed by atoms with E-state index in [1.165, 1.54) is 5.56 Å². The van der Waals surface area contributed by atoms with Crippen molar-refractivity contribution in [2.75, 3.05) is 24.4 Å². The van der Waals surface area contributed by atoms with Crippen LogP contribution < -0.4 is 19.7 Å². The van der Waals surface area contributed by atoms with Crippen molar-refractivity contribution in [2.45, 2.75) is 19.4 Å². The van der Waals surface area contributed by atoms with E-state index in [1.807, 2.05) is 37.3 Å². The van der Waals surface area contributed by atoms with Crippen LogP contribution in [-0.4, -0.2) is 36.4 Å². The number of ether oxygens (including phenoxy) is 2. The van der Waals surface area contributed by atoms with Crippen LogP contribution in [0.5, 0.6) is 11.5 Å². The van der Waals surface area contributed by atoms with Crippen LogP contribution in [0.2, 0.25) is 0 Å². The average molecular weight is 390 g/mol. The van der Waals surface area contributed by atoms with Gasteiger partial charge in [-0.1, -0.05) is 18.2 Å². The Morgan fingerprint density at radius 1 is 1.07 bits per heavy atom. The molecule has 0 radical (unpaired) electrons. The number of benzene rings is 2. The van der Waals surface area contributed by atoms with Gasteiger partial charge in [-0.25, -0.2) is 0 Å². The molecule has 0 saturated carbocycles. The maximum Gasteiger partial charge on any atom is 0.279 e. The molecule has 2 heterocycles. The molecule has 0 aliphatic carbocycles. The van der Waals surface area contributed by atoms with Gasteiger partial charge in [0, 0.05) is 17.8 Å². The monoisotopic (exact) mass is 390 g/mol. The van der Waals surface area contributed by atoms with Crippen LogP contribution in [0, 0.1) is 0 Å². The van der Waals surface area contributed by atoms with E-state index in [-0.39, 0.29) is 11.9 Å². The number of fused-ring (bicyclic) bond motifs is 1. The molecule has 1 unspecified atom stereocenters. The number of anilines is 3. The van der Waals surface area contributed by atoms with E-state index in [1.54, 1.807) is 37.3 Å². The molecule has 1 aliphatic heterocycles. The normalized spacial score (nSPS) is 15.0. The van der Waals surface area contributed by atoms with Crippen molar-refractivity contribution in [3.8, 4) is 11.5 Å². The lowest BCUT2D eigenvalue weighted by Crippen LogP contribution is -2.36. The van der Waals surface area contributed by atoms with Crippen molar-refractivity contribution in [3.05, 3.63) is 65.9 Å². The third kappa shape index (κ3) is 3.59. The summed E-state index contributed by atoms with van der Waals surface area (Å²) in [4.78, 5) is 14.8. The highest BCUT2D eigenvalue weighted by Gasteiger charge is 2.32. The molecule has 4 rings (SSSR count). The lowest BCUT2D eigenvalue weighted by Gasteiger charge is -2.22. The van der Waals surface area contributed by atoms with Crippen molar-refractivity contribution in [2.24, 2.45) is 0 Å². The quantitative estimate of drug-likeness (QED) is 0.714. The van der Waals surface area contributed by atoms with Gasteiger partial charge in [0.1, 0.15) is 11.5 Å². The number of aromatic nitrogens is 2. The highest BCUT2D eigenvalue weighted by atomic mass is 16.5. The van der Waals surface area contributed by atoms with Gasteiger partial charge in [0.05, 0.1) is 19.9 Å². The fourth-order valence-electron chi connectivity index (χ4n) is 3.56. The van der Waals surface area contributed by atoms with Gasteiger partial charge in [-0.15, -0.1) is 10.2 Å². The summed E-state index contributed by atoms with van der Waals surface area (Å²) in [5.41, 5.74) is 3.11. The topological polar surface area (TPSA) is 76.6 Å². The molecule has 1 aliphatic rings. The molecule has 29 heavy (non-hydrogen) atoms. The molecule has 2 aromatic carbocycles. The van der Waals surface area contributed by atoms with Crippen LogP contribution >= 0.6 is 0 Å². The third-order valence-corrected chi connectivity index (χ3v) is 4.98. The number of hydrogen-bond donors (Lipinski definition) is 1. The fraction of sp³-hybridized carbons (Fsp3) is 0.227. The van der Waals surface area contributed by atoms with Gasteiger partial charge >= 0.3 is 0 Å². The van der Waals surface area contributed by atoms with E-state index in [0.717, 1.165) is 12.1 Å². The van der Waals surface area contributed by atoms with E-state index in [0.29, 0.717) is 28.7 Å². The van der Waals surface area contributed by atoms with Crippen molar-refractivity contribution in [1.29, 1.82) is 0 Å². The van der Waals surface area contributed by atoms with Crippen LogP contribution in [-0.2, 0) is 6.42 Å². The number of hydrogen-bond acceptors (Lipinski definition) is 6. The Labute approximate surface area is 169 Å². The first kappa shape index (κ1) is 18.7. The second-order valence-electron chi connectivity index (χ2n) is 6.85. The Bertz CT molecular complexity index is 1040. The first-order valence-corrected chi connectivity index (χ1v) is 9.35. The standard InChI is InChI=1S/C22H22N4O3/c1-14-12-15-6-4-5-7-19(15)26(14)22(27)17-9-11-21(25-24-17)23-18-13-16(28-2)8-10-20(18)29-3/h4-11,13-14H,12H2,1-3H3,(H,23,25). The lowest BCUT2D eigenvalue weighted by molar-refractivity contribution is 0.0975. The number of nitrogens with one attached hydrogen (secondary N) is 1. The Kier molecular flexibility index (Phi) is 5.03. The van der Waals surface area contributed by atoms with E-state index >= 15 is 0 Å². The van der Waals surface area contributed by atoms with Crippen molar-refractivity contribution >= 4 is 23.1 Å². The summed E-state index contributed by atoms with van der Waals surface area (Å²) >= 11 is 0. The SMILES string of the molecule is COc1ccc(OC)c(Nc2ccc(C(=O)N3c4ccccc4CC3C)nn2)c1. The highest BCUT2D eigenvalue weighted by Crippen LogP contribution is 2.33. The Morgan fingerprint density at radius 3 is 2.62 bits per heavy atom. The molecular formula is C22H22N4O3. The number of carbonyl (C=O) groups excluding carboxylic acids is 1. The Balaban J connectivity index is 1.55. The molecule has 3 aromatic rings. The number of rotatable bonds is 5. The second kappa shape index (κ2) is 7.79. The fourth-order valence-corrected chi connectivity index (χ4v) is 3.56. The molecular weight excluding hydrogens is 368 g/mol. The highest BCUT2D eigenvalue weighted by molar-refractivity contribution is 6.06. The largest absolute Gasteiger partial charge is 0.497 e. The van der Waals surface area contributed by atoms with Gasteiger partial charge in [0.2, 0.25) is 0 Å². The van der Waals surface area contributed by atoms with E-state index in [4.69, 9.17) is 9.47 Å². The molecule has 1 N–H and O–H groups in total. The maximum absolute atomic E-state index is 13.0. The number of nitrogens with zero attached hydrogens (tertiary/aromatic N) is 3. The lowest BCUT2D eigenvalue weighted by atomic mass is 10.1. The van der Waals surface area contributed by atoms with Crippen LogP contribution in [0.25, 0.3) is 0 Å². The summed E-state index contributed by atoms with van der Waals surface area (Å²) in [5, 5.41) is 11.5. The molecule has 148 valence electrons. The van der Waals surface area contributed by atoms with E-state index in [2.05, 4.69) is 21.6 Å². The number of para-hydroxylation sites is 1. The number of methoxy groups -OCH3 is 2. The van der Waals surface area contributed by atoms with Gasteiger partial charge in [-0.2, -0.15) is 0 Å². The first-order chi connectivity index (χ1) is 14.1. The zero-order valence-electron chi connectivity index (χ0n) is 16.5. The number of carbonyl (C=O) groups is 1. The van der Waals surface area contributed by atoms with Crippen LogP contribution in [0.3, 0.4) is 0 Å². The predicted molar refractivity (Wildman–Crippen MR) is 111 cm³/mol. The molecule has 0 spiro atoms. The van der Waals surface area contributed by atoms with Crippen molar-refractivity contribution in [1.82, 2.24) is 10.2 Å². The molecule has 7 heteroatoms. The minimum atomic E-state index is -0.152. The van der Waals surface area contributed by atoms with Crippen molar-refractivity contribution in [3.63, 3.8) is 0 Å². The number of amides is 1. The summed E-state index contributed by atoms with van der Waals surface area (Å²) in [5.74, 6) is 1.69. The summed E-state index contributed by atoms with van der Waals surface area (Å²) in [7, 11) is 3.19. The molecule has 1 amide bonds. The van der Waals surface area contributed by atoms with Crippen molar-refractivity contribution < 1.29 is 14.3 Å². The molecule has 0 saturated heterocycles. The van der Waals surface area contributed by atoms with Crippen LogP contribution in [0.1, 0.15) is 23.0 Å². The predicted octanol–water partition coefficient (Wildman–Crippen LogP) is 3.83. The molecule has 1 aromatic heterocycles. The minimum Gasteiger partial charge on any atom is -0.497 e. The molecule has 0 fully saturated rings. The maximum atomic E-state index is 13.0. The van der Waals surface area contributed by atoms with Crippen LogP contribution in [0.4, 0.5) is 17.2 Å². The van der Waals surface area contributed by atoms with Gasteiger partial charge in [-0.3, -0.25) is 4.79 Å². The Morgan fingerprint density at radius 2 is 1.90 bits per heavy atom. The summed E-state index contributed by atoms with van der Waals surface area (Å²) in [6, 6.07) is 16.9. The van der Waals surface area contributed by atoms with E-state index < -0.39 is 0 Å². The zero-order valence-corrected chi connectivity index (χ0v) is 16.5. The van der Waals surface area contributed by atoms with Gasteiger partial charge < -0.3 is 19.7 Å². The minimum absolute atomic E-state index is 0.0838. The third-order valence-electron chi connectivity index (χ3n) is 4.98. The molecule has 7 nitrogen and oxygen atoms in total. The molecule has 0 bridgehead atoms. The van der Waals surface area contributed by atoms with Crippen LogP contribution in [0.15, 0.2) is 54.6 Å². The second-order valence-corrected chi connectivity index (χ2v) is 6.85. The average Bonchev–Trinajstić information content (AvgIpc) is 3.09. The summed E-state index contributed by atoms with van der Waals surface area (Å²) < 4.78 is 10.6. The molecule has 1 atom stereocenters. The zero-order chi connectivity index (χ0) is 20.4. The summed E-state index contributed by atoms with van der Waals surface area (Å²) in [6.45, 7) is 2.04. The van der Waals surface area contributed by atoms with Gasteiger partial charge in [0.25, 0.3) is 5.91 Å². The smallest absolute Gasteiger partial charge is 0.279 e.